The van der Waals surface area contributed by atoms with Crippen LogP contribution >= 0.6 is 0 Å². The average molecular weight is 267 g/mol. The first kappa shape index (κ1) is 15.0. The van der Waals surface area contributed by atoms with E-state index in [1.165, 1.54) is 13.0 Å². The summed E-state index contributed by atoms with van der Waals surface area (Å²) in [6.45, 7) is 1.29. The Morgan fingerprint density at radius 1 is 1.32 bits per heavy atom. The van der Waals surface area contributed by atoms with E-state index in [9.17, 15) is 19.8 Å². The summed E-state index contributed by atoms with van der Waals surface area (Å²) >= 11 is 0. The van der Waals surface area contributed by atoms with Gasteiger partial charge in [0.2, 0.25) is 5.91 Å². The van der Waals surface area contributed by atoms with Crippen LogP contribution < -0.4 is 5.32 Å². The zero-order chi connectivity index (χ0) is 14.4. The van der Waals surface area contributed by atoms with Gasteiger partial charge in [0.1, 0.15) is 5.75 Å². The third-order valence-electron chi connectivity index (χ3n) is 2.68. The van der Waals surface area contributed by atoms with E-state index in [2.05, 4.69) is 5.32 Å². The van der Waals surface area contributed by atoms with Gasteiger partial charge in [-0.15, -0.1) is 0 Å². The van der Waals surface area contributed by atoms with Crippen LogP contribution in [-0.2, 0) is 16.0 Å². The Kier molecular flexibility index (Phi) is 5.32. The predicted octanol–water partition coefficient (Wildman–Crippen LogP) is 0.275. The Hall–Kier alpha value is -2.08. The van der Waals surface area contributed by atoms with Crippen LogP contribution in [0.4, 0.5) is 0 Å². The average Bonchev–Trinajstić information content (AvgIpc) is 2.34. The van der Waals surface area contributed by atoms with Crippen LogP contribution in [0.5, 0.6) is 5.75 Å². The van der Waals surface area contributed by atoms with E-state index in [-0.39, 0.29) is 12.2 Å². The molecule has 0 saturated carbocycles. The molecule has 0 bridgehead atoms. The lowest BCUT2D eigenvalue weighted by Crippen LogP contribution is -2.47. The number of nitrogens with one attached hydrogen (secondary N) is 1. The van der Waals surface area contributed by atoms with Crippen LogP contribution in [0.2, 0.25) is 0 Å². The van der Waals surface area contributed by atoms with E-state index in [0.29, 0.717) is 12.0 Å². The van der Waals surface area contributed by atoms with Crippen molar-refractivity contribution in [3.8, 4) is 5.75 Å². The third kappa shape index (κ3) is 4.59. The van der Waals surface area contributed by atoms with Crippen molar-refractivity contribution in [1.29, 1.82) is 0 Å². The summed E-state index contributed by atoms with van der Waals surface area (Å²) in [5.74, 6) is -1.68. The summed E-state index contributed by atoms with van der Waals surface area (Å²) in [5, 5.41) is 29.8. The molecule has 2 atom stereocenters. The lowest BCUT2D eigenvalue weighted by molar-refractivity contribution is -0.144. The molecule has 4 N–H and O–H groups in total. The first-order valence-corrected chi connectivity index (χ1v) is 5.89. The van der Waals surface area contributed by atoms with Gasteiger partial charge in [-0.3, -0.25) is 4.79 Å². The topological polar surface area (TPSA) is 107 Å². The number of carboxylic acids is 1. The van der Waals surface area contributed by atoms with E-state index in [0.717, 1.165) is 0 Å². The van der Waals surface area contributed by atoms with Gasteiger partial charge in [-0.2, -0.15) is 0 Å². The smallest absolute Gasteiger partial charge is 0.328 e. The van der Waals surface area contributed by atoms with Gasteiger partial charge in [-0.1, -0.05) is 18.2 Å². The number of aryl methyl sites for hydroxylation is 1. The van der Waals surface area contributed by atoms with E-state index < -0.39 is 24.0 Å². The van der Waals surface area contributed by atoms with Crippen LogP contribution in [0.15, 0.2) is 24.3 Å². The molecule has 1 aromatic rings. The molecule has 0 aliphatic rings. The minimum atomic E-state index is -1.32. The second-order valence-electron chi connectivity index (χ2n) is 4.25. The number of para-hydroxylation sites is 1. The number of carbonyl (C=O) groups excluding carboxylic acids is 1. The molecule has 0 heterocycles. The molecule has 0 aliphatic heterocycles. The summed E-state index contributed by atoms with van der Waals surface area (Å²) in [7, 11) is 0. The lowest BCUT2D eigenvalue weighted by atomic mass is 10.1. The molecule has 104 valence electrons. The lowest BCUT2D eigenvalue weighted by Gasteiger charge is -2.17. The number of phenolic OH excluding ortho intramolecular Hbond substituents is 1. The molecule has 1 rings (SSSR count). The molecule has 0 unspecified atom stereocenters. The van der Waals surface area contributed by atoms with Gasteiger partial charge in [-0.05, 0) is 25.0 Å². The molecule has 6 nitrogen and oxygen atoms in total. The van der Waals surface area contributed by atoms with Gasteiger partial charge in [0.25, 0.3) is 0 Å². The van der Waals surface area contributed by atoms with E-state index in [4.69, 9.17) is 5.11 Å². The predicted molar refractivity (Wildman–Crippen MR) is 67.7 cm³/mol. The van der Waals surface area contributed by atoms with Crippen molar-refractivity contribution in [2.45, 2.75) is 31.9 Å². The number of carboxylic acid groups (broad SMARTS) is 1. The second-order valence-corrected chi connectivity index (χ2v) is 4.25. The zero-order valence-corrected chi connectivity index (χ0v) is 10.5. The van der Waals surface area contributed by atoms with Crippen LogP contribution in [0.25, 0.3) is 0 Å². The fourth-order valence-electron chi connectivity index (χ4n) is 1.60. The Bertz CT molecular complexity index is 458. The summed E-state index contributed by atoms with van der Waals surface area (Å²) in [6, 6.07) is 5.29. The van der Waals surface area contributed by atoms with Crippen molar-refractivity contribution < 1.29 is 24.9 Å². The number of aromatic hydroxyl groups is 1. The van der Waals surface area contributed by atoms with Gasteiger partial charge >= 0.3 is 5.97 Å². The number of carbonyl (C=O) groups is 2. The van der Waals surface area contributed by atoms with E-state index in [1.807, 2.05) is 0 Å². The number of aliphatic hydroxyl groups excluding tert-OH is 1. The SMILES string of the molecule is C[C@@H](O)[C@H](NC(=O)CCc1ccccc1O)C(=O)O. The Morgan fingerprint density at radius 2 is 1.95 bits per heavy atom. The molecule has 0 fully saturated rings. The second kappa shape index (κ2) is 6.75. The maximum absolute atomic E-state index is 11.6. The van der Waals surface area contributed by atoms with Gasteiger partial charge in [-0.25, -0.2) is 4.79 Å². The van der Waals surface area contributed by atoms with Crippen molar-refractivity contribution in [2.75, 3.05) is 0 Å². The number of aliphatic carboxylic acids is 1. The van der Waals surface area contributed by atoms with Gasteiger partial charge in [0.15, 0.2) is 6.04 Å². The number of aliphatic hydroxyl groups is 1. The van der Waals surface area contributed by atoms with Crippen molar-refractivity contribution >= 4 is 11.9 Å². The highest BCUT2D eigenvalue weighted by Gasteiger charge is 2.24. The Labute approximate surface area is 110 Å². The number of benzene rings is 1. The van der Waals surface area contributed by atoms with Crippen molar-refractivity contribution in [3.63, 3.8) is 0 Å². The molecule has 0 radical (unpaired) electrons. The van der Waals surface area contributed by atoms with E-state index >= 15 is 0 Å². The maximum Gasteiger partial charge on any atom is 0.328 e. The molecule has 6 heteroatoms. The fourth-order valence-corrected chi connectivity index (χ4v) is 1.60. The summed E-state index contributed by atoms with van der Waals surface area (Å²) in [6.07, 6.45) is -0.842. The van der Waals surface area contributed by atoms with Crippen LogP contribution in [0.1, 0.15) is 18.9 Å². The van der Waals surface area contributed by atoms with Gasteiger partial charge < -0.3 is 20.6 Å². The first-order valence-electron chi connectivity index (χ1n) is 5.89. The molecule has 1 aromatic carbocycles. The molecule has 0 aromatic heterocycles. The molecule has 1 amide bonds. The number of hydrogen-bond donors (Lipinski definition) is 4. The molecule has 0 spiro atoms. The highest BCUT2D eigenvalue weighted by Crippen LogP contribution is 2.17. The molecule has 19 heavy (non-hydrogen) atoms. The molecular weight excluding hydrogens is 250 g/mol. The molecular formula is C13H17NO5. The first-order chi connectivity index (χ1) is 8.91. The monoisotopic (exact) mass is 267 g/mol. The van der Waals surface area contributed by atoms with Gasteiger partial charge in [0.05, 0.1) is 6.10 Å². The summed E-state index contributed by atoms with van der Waals surface area (Å²) < 4.78 is 0. The number of amides is 1. The Balaban J connectivity index is 2.52. The summed E-state index contributed by atoms with van der Waals surface area (Å²) in [4.78, 5) is 22.4. The highest BCUT2D eigenvalue weighted by molar-refractivity contribution is 5.84. The standard InChI is InChI=1S/C13H17NO5/c1-8(15)12(13(18)19)14-11(17)7-6-9-4-2-3-5-10(9)16/h2-5,8,12,15-16H,6-7H2,1H3,(H,14,17)(H,18,19)/t8-,12+/m1/s1. The maximum atomic E-state index is 11.6. The number of hydrogen-bond acceptors (Lipinski definition) is 4. The number of phenols is 1. The Morgan fingerprint density at radius 3 is 2.47 bits per heavy atom. The number of rotatable bonds is 6. The zero-order valence-electron chi connectivity index (χ0n) is 10.5. The van der Waals surface area contributed by atoms with E-state index in [1.54, 1.807) is 18.2 Å². The van der Waals surface area contributed by atoms with Crippen LogP contribution in [-0.4, -0.2) is 39.3 Å². The van der Waals surface area contributed by atoms with Crippen molar-refractivity contribution in [2.24, 2.45) is 0 Å². The van der Waals surface area contributed by atoms with Crippen LogP contribution in [0.3, 0.4) is 0 Å². The molecule has 0 aliphatic carbocycles. The van der Waals surface area contributed by atoms with Crippen LogP contribution in [0, 0.1) is 0 Å². The van der Waals surface area contributed by atoms with Gasteiger partial charge in [0, 0.05) is 6.42 Å². The third-order valence-corrected chi connectivity index (χ3v) is 2.68. The molecule has 0 saturated heterocycles. The minimum absolute atomic E-state index is 0.0358. The largest absolute Gasteiger partial charge is 0.508 e. The minimum Gasteiger partial charge on any atom is -0.508 e. The van der Waals surface area contributed by atoms with Crippen molar-refractivity contribution in [3.05, 3.63) is 29.8 Å². The normalized spacial score (nSPS) is 13.6. The highest BCUT2D eigenvalue weighted by atomic mass is 16.4. The quantitative estimate of drug-likeness (QED) is 0.592. The fraction of sp³-hybridized carbons (Fsp3) is 0.385. The van der Waals surface area contributed by atoms with Crippen molar-refractivity contribution in [1.82, 2.24) is 5.32 Å². The summed E-state index contributed by atoms with van der Waals surface area (Å²) in [5.41, 5.74) is 0.613.